The van der Waals surface area contributed by atoms with Crippen molar-refractivity contribution >= 4 is 11.7 Å². The summed E-state index contributed by atoms with van der Waals surface area (Å²) in [5.74, 6) is 0.986. The van der Waals surface area contributed by atoms with Gasteiger partial charge in [-0.15, -0.1) is 0 Å². The highest BCUT2D eigenvalue weighted by Crippen LogP contribution is 2.39. The van der Waals surface area contributed by atoms with Crippen molar-refractivity contribution in [3.63, 3.8) is 0 Å². The van der Waals surface area contributed by atoms with E-state index in [1.807, 2.05) is 23.0 Å². The molecule has 0 fully saturated rings. The van der Waals surface area contributed by atoms with E-state index in [-0.39, 0.29) is 17.4 Å². The van der Waals surface area contributed by atoms with Gasteiger partial charge in [0.1, 0.15) is 5.82 Å². The number of aryl methyl sites for hydroxylation is 1. The molecule has 110 valence electrons. The average molecular weight is 283 g/mol. The first-order valence-corrected chi connectivity index (χ1v) is 7.31. The zero-order chi connectivity index (χ0) is 15.2. The lowest BCUT2D eigenvalue weighted by atomic mass is 9.85. The number of fused-ring (bicyclic) bond motifs is 1. The number of hydrogen-bond acceptors (Lipinski definition) is 2. The molecular formula is C17H21N3O. The van der Waals surface area contributed by atoms with Gasteiger partial charge in [-0.25, -0.2) is 4.68 Å². The van der Waals surface area contributed by atoms with Crippen LogP contribution in [0.4, 0.5) is 5.82 Å². The first-order valence-electron chi connectivity index (χ1n) is 7.31. The first-order chi connectivity index (χ1) is 9.88. The number of carbonyl (C=O) groups excluding carboxylic acids is 1. The molecule has 4 heteroatoms. The van der Waals surface area contributed by atoms with Crippen LogP contribution in [0.15, 0.2) is 30.5 Å². The summed E-state index contributed by atoms with van der Waals surface area (Å²) >= 11 is 0. The summed E-state index contributed by atoms with van der Waals surface area (Å²) in [6.45, 7) is 8.35. The minimum Gasteiger partial charge on any atom is -0.311 e. The lowest BCUT2D eigenvalue weighted by molar-refractivity contribution is -0.116. The minimum atomic E-state index is -0.158. The highest BCUT2D eigenvalue weighted by Gasteiger charge is 2.32. The van der Waals surface area contributed by atoms with Gasteiger partial charge < -0.3 is 5.32 Å². The van der Waals surface area contributed by atoms with Gasteiger partial charge in [0.2, 0.25) is 5.91 Å². The standard InChI is InChI=1S/C17H21N3O/c1-11-7-5-6-8-12(11)13-9-15(21)19-16-14(13)10-18-20(16)17(2,3)4/h5-8,10,13H,9H2,1-4H3,(H,19,21)/t13-/m1/s1. The van der Waals surface area contributed by atoms with Crippen molar-refractivity contribution in [3.05, 3.63) is 47.2 Å². The quantitative estimate of drug-likeness (QED) is 0.871. The van der Waals surface area contributed by atoms with Gasteiger partial charge in [0.25, 0.3) is 0 Å². The molecule has 0 spiro atoms. The molecule has 4 nitrogen and oxygen atoms in total. The van der Waals surface area contributed by atoms with Crippen molar-refractivity contribution in [2.75, 3.05) is 5.32 Å². The molecule has 0 unspecified atom stereocenters. The number of benzene rings is 1. The number of aromatic nitrogens is 2. The monoisotopic (exact) mass is 283 g/mol. The Kier molecular flexibility index (Phi) is 3.12. The number of rotatable bonds is 1. The normalized spacial score (nSPS) is 18.3. The SMILES string of the molecule is Cc1ccccc1[C@H]1CC(=O)Nc2c1cnn2C(C)(C)C. The molecule has 0 bridgehead atoms. The highest BCUT2D eigenvalue weighted by molar-refractivity contribution is 5.94. The minimum absolute atomic E-state index is 0.0572. The first kappa shape index (κ1) is 13.9. The Labute approximate surface area is 125 Å². The number of amides is 1. The van der Waals surface area contributed by atoms with E-state index in [9.17, 15) is 4.79 Å². The molecule has 2 heterocycles. The Morgan fingerprint density at radius 3 is 2.62 bits per heavy atom. The largest absolute Gasteiger partial charge is 0.311 e. The zero-order valence-electron chi connectivity index (χ0n) is 13.0. The van der Waals surface area contributed by atoms with Crippen LogP contribution in [0.5, 0.6) is 0 Å². The van der Waals surface area contributed by atoms with Gasteiger partial charge in [0.15, 0.2) is 0 Å². The molecular weight excluding hydrogens is 262 g/mol. The summed E-state index contributed by atoms with van der Waals surface area (Å²) < 4.78 is 1.91. The van der Waals surface area contributed by atoms with E-state index in [0.29, 0.717) is 6.42 Å². The average Bonchev–Trinajstić information content (AvgIpc) is 2.82. The van der Waals surface area contributed by atoms with E-state index < -0.39 is 0 Å². The van der Waals surface area contributed by atoms with E-state index in [1.54, 1.807) is 0 Å². The molecule has 21 heavy (non-hydrogen) atoms. The Morgan fingerprint density at radius 1 is 1.24 bits per heavy atom. The second kappa shape index (κ2) is 4.72. The smallest absolute Gasteiger partial charge is 0.226 e. The van der Waals surface area contributed by atoms with Gasteiger partial charge in [0, 0.05) is 17.9 Å². The fourth-order valence-electron chi connectivity index (χ4n) is 2.98. The van der Waals surface area contributed by atoms with Gasteiger partial charge in [-0.1, -0.05) is 24.3 Å². The van der Waals surface area contributed by atoms with Crippen LogP contribution in [0.25, 0.3) is 0 Å². The molecule has 0 radical (unpaired) electrons. The molecule has 1 aliphatic rings. The van der Waals surface area contributed by atoms with Crippen molar-refractivity contribution in [1.82, 2.24) is 9.78 Å². The van der Waals surface area contributed by atoms with E-state index in [2.05, 4.69) is 50.2 Å². The Bertz CT molecular complexity index is 694. The molecule has 1 atom stereocenters. The molecule has 2 aromatic rings. The molecule has 0 saturated heterocycles. The van der Waals surface area contributed by atoms with E-state index in [4.69, 9.17) is 0 Å². The number of carbonyl (C=O) groups is 1. The zero-order valence-corrected chi connectivity index (χ0v) is 13.0. The number of anilines is 1. The van der Waals surface area contributed by atoms with E-state index in [0.717, 1.165) is 11.4 Å². The second-order valence-electron chi connectivity index (χ2n) is 6.69. The van der Waals surface area contributed by atoms with Crippen LogP contribution in [0.3, 0.4) is 0 Å². The topological polar surface area (TPSA) is 46.9 Å². The lowest BCUT2D eigenvalue weighted by Crippen LogP contribution is -2.30. The summed E-state index contributed by atoms with van der Waals surface area (Å²) in [7, 11) is 0. The summed E-state index contributed by atoms with van der Waals surface area (Å²) in [5, 5.41) is 7.51. The third-order valence-electron chi connectivity index (χ3n) is 4.02. The molecule has 3 rings (SSSR count). The van der Waals surface area contributed by atoms with Crippen molar-refractivity contribution in [2.24, 2.45) is 0 Å². The van der Waals surface area contributed by atoms with Gasteiger partial charge in [-0.05, 0) is 38.8 Å². The Morgan fingerprint density at radius 2 is 1.95 bits per heavy atom. The van der Waals surface area contributed by atoms with Crippen LogP contribution in [0.1, 0.15) is 49.8 Å². The maximum Gasteiger partial charge on any atom is 0.226 e. The summed E-state index contributed by atoms with van der Waals surface area (Å²) in [6.07, 6.45) is 2.38. The number of nitrogens with zero attached hydrogens (tertiary/aromatic N) is 2. The number of hydrogen-bond donors (Lipinski definition) is 1. The number of nitrogens with one attached hydrogen (secondary N) is 1. The third kappa shape index (κ3) is 2.35. The summed E-state index contributed by atoms with van der Waals surface area (Å²) in [4.78, 5) is 12.1. The van der Waals surface area contributed by atoms with Gasteiger partial charge >= 0.3 is 0 Å². The predicted octanol–water partition coefficient (Wildman–Crippen LogP) is 3.42. The molecule has 1 aromatic carbocycles. The van der Waals surface area contributed by atoms with Crippen LogP contribution in [-0.4, -0.2) is 15.7 Å². The van der Waals surface area contributed by atoms with Crippen LogP contribution >= 0.6 is 0 Å². The molecule has 1 N–H and O–H groups in total. The van der Waals surface area contributed by atoms with Crippen LogP contribution in [0.2, 0.25) is 0 Å². The second-order valence-corrected chi connectivity index (χ2v) is 6.69. The van der Waals surface area contributed by atoms with Gasteiger partial charge in [-0.2, -0.15) is 5.10 Å². The van der Waals surface area contributed by atoms with E-state index >= 15 is 0 Å². The maximum atomic E-state index is 12.1. The van der Waals surface area contributed by atoms with Crippen LogP contribution in [-0.2, 0) is 10.3 Å². The lowest BCUT2D eigenvalue weighted by Gasteiger charge is -2.28. The van der Waals surface area contributed by atoms with Crippen molar-refractivity contribution in [3.8, 4) is 0 Å². The molecule has 1 amide bonds. The summed E-state index contributed by atoms with van der Waals surface area (Å²) in [6, 6.07) is 8.26. The Balaban J connectivity index is 2.14. The molecule has 1 aromatic heterocycles. The van der Waals surface area contributed by atoms with E-state index in [1.165, 1.54) is 11.1 Å². The maximum absolute atomic E-state index is 12.1. The highest BCUT2D eigenvalue weighted by atomic mass is 16.1. The fourth-order valence-corrected chi connectivity index (χ4v) is 2.98. The van der Waals surface area contributed by atoms with Gasteiger partial charge in [-0.3, -0.25) is 4.79 Å². The fraction of sp³-hybridized carbons (Fsp3) is 0.412. The molecule has 0 aliphatic carbocycles. The molecule has 0 saturated carbocycles. The molecule has 1 aliphatic heterocycles. The van der Waals surface area contributed by atoms with Crippen LogP contribution in [0, 0.1) is 6.92 Å². The summed E-state index contributed by atoms with van der Waals surface area (Å²) in [5.41, 5.74) is 3.38. The van der Waals surface area contributed by atoms with Crippen molar-refractivity contribution in [2.45, 2.75) is 45.6 Å². The van der Waals surface area contributed by atoms with Gasteiger partial charge in [0.05, 0.1) is 11.7 Å². The third-order valence-corrected chi connectivity index (χ3v) is 4.02. The van der Waals surface area contributed by atoms with Crippen molar-refractivity contribution in [1.29, 1.82) is 0 Å². The van der Waals surface area contributed by atoms with Crippen molar-refractivity contribution < 1.29 is 4.79 Å². The predicted molar refractivity (Wildman–Crippen MR) is 83.5 cm³/mol. The Hall–Kier alpha value is -2.10. The van der Waals surface area contributed by atoms with Crippen LogP contribution < -0.4 is 5.32 Å².